The molecule has 0 fully saturated rings. The summed E-state index contributed by atoms with van der Waals surface area (Å²) in [6, 6.07) is 3.85. The highest BCUT2D eigenvalue weighted by molar-refractivity contribution is 5.76. The summed E-state index contributed by atoms with van der Waals surface area (Å²) in [6.07, 6.45) is 3.82. The third-order valence-electron chi connectivity index (χ3n) is 2.88. The van der Waals surface area contributed by atoms with E-state index in [0.717, 1.165) is 18.6 Å². The van der Waals surface area contributed by atoms with Crippen LogP contribution in [-0.2, 0) is 11.2 Å². The van der Waals surface area contributed by atoms with Crippen molar-refractivity contribution >= 4 is 5.91 Å². The molecule has 0 aliphatic carbocycles. The molecule has 0 aliphatic heterocycles. The molecule has 1 heterocycles. The lowest BCUT2D eigenvalue weighted by atomic mass is 10.0. The van der Waals surface area contributed by atoms with Crippen molar-refractivity contribution in [3.63, 3.8) is 0 Å². The molecule has 1 rings (SSSR count). The number of nitrogens with one attached hydrogen (secondary N) is 1. The van der Waals surface area contributed by atoms with Gasteiger partial charge in [-0.05, 0) is 31.5 Å². The summed E-state index contributed by atoms with van der Waals surface area (Å²) in [5.74, 6) is 1.25. The number of amides is 1. The van der Waals surface area contributed by atoms with E-state index < -0.39 is 0 Å². The molecule has 96 valence electrons. The van der Waals surface area contributed by atoms with Crippen LogP contribution in [0.2, 0.25) is 0 Å². The third-order valence-corrected chi connectivity index (χ3v) is 2.88. The molecule has 4 heteroatoms. The van der Waals surface area contributed by atoms with Gasteiger partial charge >= 0.3 is 0 Å². The molecule has 3 N–H and O–H groups in total. The Labute approximate surface area is 103 Å². The largest absolute Gasteiger partial charge is 0.469 e. The standard InChI is InChI=1S/C13H22N2O2/c1-3-11(9-14)8-13(16)15-10(2)7-12-5-4-6-17-12/h4-6,10-11H,3,7-9,14H2,1-2H3,(H,15,16). The number of nitrogens with two attached hydrogens (primary N) is 1. The Morgan fingerprint density at radius 2 is 2.35 bits per heavy atom. The quantitative estimate of drug-likeness (QED) is 0.759. The van der Waals surface area contributed by atoms with Gasteiger partial charge in [0, 0.05) is 18.9 Å². The fraction of sp³-hybridized carbons (Fsp3) is 0.615. The van der Waals surface area contributed by atoms with Crippen molar-refractivity contribution in [2.75, 3.05) is 6.54 Å². The van der Waals surface area contributed by atoms with Gasteiger partial charge in [-0.2, -0.15) is 0 Å². The zero-order valence-corrected chi connectivity index (χ0v) is 10.6. The lowest BCUT2D eigenvalue weighted by Crippen LogP contribution is -2.35. The molecule has 4 nitrogen and oxygen atoms in total. The van der Waals surface area contributed by atoms with Gasteiger partial charge in [0.2, 0.25) is 5.91 Å². The maximum Gasteiger partial charge on any atom is 0.220 e. The van der Waals surface area contributed by atoms with Crippen molar-refractivity contribution in [1.82, 2.24) is 5.32 Å². The van der Waals surface area contributed by atoms with Crippen molar-refractivity contribution < 1.29 is 9.21 Å². The Morgan fingerprint density at radius 1 is 1.59 bits per heavy atom. The molecule has 0 saturated heterocycles. The Morgan fingerprint density at radius 3 is 2.88 bits per heavy atom. The monoisotopic (exact) mass is 238 g/mol. The van der Waals surface area contributed by atoms with Crippen LogP contribution in [0.1, 0.15) is 32.4 Å². The van der Waals surface area contributed by atoms with E-state index in [-0.39, 0.29) is 17.9 Å². The number of carbonyl (C=O) groups excluding carboxylic acids is 1. The molecular weight excluding hydrogens is 216 g/mol. The molecule has 0 saturated carbocycles. The fourth-order valence-corrected chi connectivity index (χ4v) is 1.77. The molecule has 0 radical (unpaired) electrons. The van der Waals surface area contributed by atoms with E-state index >= 15 is 0 Å². The highest BCUT2D eigenvalue weighted by atomic mass is 16.3. The van der Waals surface area contributed by atoms with Gasteiger partial charge in [-0.3, -0.25) is 4.79 Å². The van der Waals surface area contributed by atoms with E-state index in [1.54, 1.807) is 6.26 Å². The van der Waals surface area contributed by atoms with Gasteiger partial charge in [0.1, 0.15) is 5.76 Å². The number of hydrogen-bond acceptors (Lipinski definition) is 3. The molecule has 0 aliphatic rings. The zero-order valence-electron chi connectivity index (χ0n) is 10.6. The summed E-state index contributed by atoms with van der Waals surface area (Å²) >= 11 is 0. The van der Waals surface area contributed by atoms with Gasteiger partial charge < -0.3 is 15.5 Å². The first-order valence-corrected chi connectivity index (χ1v) is 6.17. The van der Waals surface area contributed by atoms with Crippen molar-refractivity contribution in [2.45, 2.75) is 39.2 Å². The molecule has 1 aromatic rings. The Balaban J connectivity index is 2.30. The fourth-order valence-electron chi connectivity index (χ4n) is 1.77. The maximum atomic E-state index is 11.7. The number of carbonyl (C=O) groups is 1. The summed E-state index contributed by atoms with van der Waals surface area (Å²) in [7, 11) is 0. The predicted molar refractivity (Wildman–Crippen MR) is 67.5 cm³/mol. The summed E-state index contributed by atoms with van der Waals surface area (Å²) in [4.78, 5) is 11.7. The van der Waals surface area contributed by atoms with Crippen LogP contribution >= 0.6 is 0 Å². The maximum absolute atomic E-state index is 11.7. The number of rotatable bonds is 7. The Bertz CT molecular complexity index is 318. The number of hydrogen-bond donors (Lipinski definition) is 2. The van der Waals surface area contributed by atoms with Crippen LogP contribution < -0.4 is 11.1 Å². The average molecular weight is 238 g/mol. The van der Waals surface area contributed by atoms with Crippen LogP contribution in [-0.4, -0.2) is 18.5 Å². The number of furan rings is 1. The molecular formula is C13H22N2O2. The van der Waals surface area contributed by atoms with Crippen LogP contribution in [0.4, 0.5) is 0 Å². The van der Waals surface area contributed by atoms with E-state index in [4.69, 9.17) is 10.2 Å². The van der Waals surface area contributed by atoms with Gasteiger partial charge in [-0.25, -0.2) is 0 Å². The molecule has 2 unspecified atom stereocenters. The van der Waals surface area contributed by atoms with Gasteiger partial charge in [0.25, 0.3) is 0 Å². The van der Waals surface area contributed by atoms with E-state index in [1.165, 1.54) is 0 Å². The minimum Gasteiger partial charge on any atom is -0.469 e. The molecule has 0 spiro atoms. The topological polar surface area (TPSA) is 68.3 Å². The minimum atomic E-state index is 0.0707. The molecule has 17 heavy (non-hydrogen) atoms. The minimum absolute atomic E-state index is 0.0707. The second kappa shape index (κ2) is 7.12. The molecule has 1 amide bonds. The van der Waals surface area contributed by atoms with E-state index in [0.29, 0.717) is 13.0 Å². The smallest absolute Gasteiger partial charge is 0.220 e. The normalized spacial score (nSPS) is 14.3. The summed E-state index contributed by atoms with van der Waals surface area (Å²) in [5.41, 5.74) is 5.58. The highest BCUT2D eigenvalue weighted by Crippen LogP contribution is 2.07. The third kappa shape index (κ3) is 5.04. The average Bonchev–Trinajstić information content (AvgIpc) is 2.78. The molecule has 0 aromatic carbocycles. The van der Waals surface area contributed by atoms with Crippen molar-refractivity contribution in [1.29, 1.82) is 0 Å². The molecule has 2 atom stereocenters. The van der Waals surface area contributed by atoms with Crippen LogP contribution in [0, 0.1) is 5.92 Å². The van der Waals surface area contributed by atoms with E-state index in [9.17, 15) is 4.79 Å². The lowest BCUT2D eigenvalue weighted by molar-refractivity contribution is -0.122. The van der Waals surface area contributed by atoms with E-state index in [1.807, 2.05) is 19.1 Å². The second-order valence-corrected chi connectivity index (χ2v) is 4.47. The zero-order chi connectivity index (χ0) is 12.7. The van der Waals surface area contributed by atoms with Gasteiger partial charge in [-0.15, -0.1) is 0 Å². The van der Waals surface area contributed by atoms with Gasteiger partial charge in [-0.1, -0.05) is 13.3 Å². The first kappa shape index (κ1) is 13.8. The van der Waals surface area contributed by atoms with Crippen molar-refractivity contribution in [3.8, 4) is 0 Å². The first-order valence-electron chi connectivity index (χ1n) is 6.17. The summed E-state index contributed by atoms with van der Waals surface area (Å²) < 4.78 is 5.24. The van der Waals surface area contributed by atoms with Gasteiger partial charge in [0.05, 0.1) is 6.26 Å². The molecule has 0 bridgehead atoms. The predicted octanol–water partition coefficient (Wildman–Crippen LogP) is 1.70. The highest BCUT2D eigenvalue weighted by Gasteiger charge is 2.13. The SMILES string of the molecule is CCC(CN)CC(=O)NC(C)Cc1ccco1. The Kier molecular flexibility index (Phi) is 5.77. The van der Waals surface area contributed by atoms with Crippen molar-refractivity contribution in [2.24, 2.45) is 11.7 Å². The van der Waals surface area contributed by atoms with E-state index in [2.05, 4.69) is 12.2 Å². The molecule has 1 aromatic heterocycles. The Hall–Kier alpha value is -1.29. The van der Waals surface area contributed by atoms with Gasteiger partial charge in [0.15, 0.2) is 0 Å². The van der Waals surface area contributed by atoms with Crippen LogP contribution in [0.15, 0.2) is 22.8 Å². The van der Waals surface area contributed by atoms with Crippen LogP contribution in [0.25, 0.3) is 0 Å². The second-order valence-electron chi connectivity index (χ2n) is 4.47. The summed E-state index contributed by atoms with van der Waals surface area (Å²) in [5, 5.41) is 2.96. The lowest BCUT2D eigenvalue weighted by Gasteiger charge is -2.16. The van der Waals surface area contributed by atoms with Crippen LogP contribution in [0.5, 0.6) is 0 Å². The van der Waals surface area contributed by atoms with Crippen LogP contribution in [0.3, 0.4) is 0 Å². The first-order chi connectivity index (χ1) is 8.15. The summed E-state index contributed by atoms with van der Waals surface area (Å²) in [6.45, 7) is 4.59. The van der Waals surface area contributed by atoms with Crippen molar-refractivity contribution in [3.05, 3.63) is 24.2 Å².